The van der Waals surface area contributed by atoms with Gasteiger partial charge in [-0.15, -0.1) is 0 Å². The summed E-state index contributed by atoms with van der Waals surface area (Å²) in [6, 6.07) is 17.6. The fourth-order valence-corrected chi connectivity index (χ4v) is 3.17. The third-order valence-electron chi connectivity index (χ3n) is 4.55. The average molecular weight is 336 g/mol. The molecular weight excluding hydrogens is 312 g/mol. The lowest BCUT2D eigenvalue weighted by Gasteiger charge is -2.16. The van der Waals surface area contributed by atoms with Crippen molar-refractivity contribution in [3.8, 4) is 0 Å². The summed E-state index contributed by atoms with van der Waals surface area (Å²) < 4.78 is 0. The number of carbonyl (C=O) groups excluding carboxylic acids is 2. The molecule has 0 bridgehead atoms. The largest absolute Gasteiger partial charge is 0.352 e. The number of nitrogens with one attached hydrogen (secondary N) is 1. The summed E-state index contributed by atoms with van der Waals surface area (Å²) in [6.07, 6.45) is 2.46. The zero-order valence-corrected chi connectivity index (χ0v) is 14.6. The molecule has 3 rings (SSSR count). The highest BCUT2D eigenvalue weighted by Gasteiger charge is 2.21. The maximum atomic E-state index is 12.3. The van der Waals surface area contributed by atoms with E-state index in [1.807, 2.05) is 30.3 Å². The molecule has 2 amide bonds. The zero-order chi connectivity index (χ0) is 17.6. The molecule has 0 aromatic heterocycles. The van der Waals surface area contributed by atoms with Crippen LogP contribution in [0.3, 0.4) is 0 Å². The molecule has 2 aromatic carbocycles. The lowest BCUT2D eigenvalue weighted by molar-refractivity contribution is -0.117. The second-order valence-corrected chi connectivity index (χ2v) is 6.70. The van der Waals surface area contributed by atoms with Crippen molar-refractivity contribution in [3.63, 3.8) is 0 Å². The summed E-state index contributed by atoms with van der Waals surface area (Å²) in [5.41, 5.74) is 2.78. The molecule has 1 unspecified atom stereocenters. The van der Waals surface area contributed by atoms with E-state index in [9.17, 15) is 9.59 Å². The van der Waals surface area contributed by atoms with Gasteiger partial charge in [0.2, 0.25) is 5.91 Å². The summed E-state index contributed by atoms with van der Waals surface area (Å²) in [5, 5.41) is 3.00. The Bertz CT molecular complexity index is 725. The second kappa shape index (κ2) is 7.97. The van der Waals surface area contributed by atoms with Crippen molar-refractivity contribution >= 4 is 17.5 Å². The lowest BCUT2D eigenvalue weighted by Crippen LogP contribution is -2.29. The first-order valence-corrected chi connectivity index (χ1v) is 8.86. The number of hydrogen-bond donors (Lipinski definition) is 1. The molecule has 1 aliphatic rings. The topological polar surface area (TPSA) is 49.4 Å². The van der Waals surface area contributed by atoms with Gasteiger partial charge in [0.1, 0.15) is 0 Å². The molecule has 4 nitrogen and oxygen atoms in total. The van der Waals surface area contributed by atoms with Crippen molar-refractivity contribution in [1.29, 1.82) is 0 Å². The molecule has 1 saturated heterocycles. The number of benzene rings is 2. The Hall–Kier alpha value is -2.62. The van der Waals surface area contributed by atoms with Gasteiger partial charge in [-0.3, -0.25) is 9.59 Å². The Balaban J connectivity index is 1.52. The van der Waals surface area contributed by atoms with Crippen LogP contribution in [0, 0.1) is 5.92 Å². The van der Waals surface area contributed by atoms with Gasteiger partial charge in [0.15, 0.2) is 0 Å². The van der Waals surface area contributed by atoms with Crippen LogP contribution in [0.2, 0.25) is 0 Å². The molecule has 130 valence electrons. The van der Waals surface area contributed by atoms with Gasteiger partial charge in [-0.25, -0.2) is 0 Å². The minimum Gasteiger partial charge on any atom is -0.352 e. The normalized spacial score (nSPS) is 15.2. The third-order valence-corrected chi connectivity index (χ3v) is 4.55. The van der Waals surface area contributed by atoms with Crippen molar-refractivity contribution in [2.45, 2.75) is 26.2 Å². The Labute approximate surface area is 148 Å². The van der Waals surface area contributed by atoms with E-state index in [2.05, 4.69) is 24.4 Å². The maximum Gasteiger partial charge on any atom is 0.251 e. The fraction of sp³-hybridized carbons (Fsp3) is 0.333. The summed E-state index contributed by atoms with van der Waals surface area (Å²) in [4.78, 5) is 25.9. The Kier molecular flexibility index (Phi) is 5.49. The maximum absolute atomic E-state index is 12.3. The molecule has 1 N–H and O–H groups in total. The van der Waals surface area contributed by atoms with Crippen molar-refractivity contribution in [1.82, 2.24) is 5.32 Å². The van der Waals surface area contributed by atoms with Gasteiger partial charge in [0.25, 0.3) is 5.91 Å². The number of rotatable bonds is 6. The summed E-state index contributed by atoms with van der Waals surface area (Å²) in [6.45, 7) is 3.54. The predicted molar refractivity (Wildman–Crippen MR) is 99.7 cm³/mol. The van der Waals surface area contributed by atoms with Crippen LogP contribution in [0.4, 0.5) is 5.69 Å². The SMILES string of the molecule is CC(CNC(=O)c1ccc(N2CCCC2=O)cc1)Cc1ccccc1. The lowest BCUT2D eigenvalue weighted by atomic mass is 10.0. The quantitative estimate of drug-likeness (QED) is 0.879. The van der Waals surface area contributed by atoms with Crippen LogP contribution >= 0.6 is 0 Å². The van der Waals surface area contributed by atoms with Gasteiger partial charge < -0.3 is 10.2 Å². The molecule has 0 aliphatic carbocycles. The third kappa shape index (κ3) is 4.47. The van der Waals surface area contributed by atoms with Crippen LogP contribution in [0.1, 0.15) is 35.7 Å². The van der Waals surface area contributed by atoms with E-state index in [1.165, 1.54) is 5.56 Å². The molecule has 2 aromatic rings. The fourth-order valence-electron chi connectivity index (χ4n) is 3.17. The number of amides is 2. The molecule has 0 radical (unpaired) electrons. The first-order valence-electron chi connectivity index (χ1n) is 8.86. The molecule has 0 saturated carbocycles. The van der Waals surface area contributed by atoms with Gasteiger partial charge in [-0.1, -0.05) is 37.3 Å². The zero-order valence-electron chi connectivity index (χ0n) is 14.6. The van der Waals surface area contributed by atoms with Gasteiger partial charge in [0, 0.05) is 30.8 Å². The Morgan fingerprint density at radius 2 is 1.84 bits per heavy atom. The molecule has 4 heteroatoms. The predicted octanol–water partition coefficient (Wildman–Crippen LogP) is 3.42. The number of carbonyl (C=O) groups is 2. The molecule has 1 aliphatic heterocycles. The van der Waals surface area contributed by atoms with E-state index in [4.69, 9.17) is 0 Å². The number of hydrogen-bond acceptors (Lipinski definition) is 2. The summed E-state index contributed by atoms with van der Waals surface area (Å²) in [5.74, 6) is 0.457. The first kappa shape index (κ1) is 17.2. The monoisotopic (exact) mass is 336 g/mol. The molecule has 1 heterocycles. The molecule has 1 fully saturated rings. The summed E-state index contributed by atoms with van der Waals surface area (Å²) >= 11 is 0. The van der Waals surface area contributed by atoms with E-state index >= 15 is 0 Å². The van der Waals surface area contributed by atoms with E-state index in [0.717, 1.165) is 25.1 Å². The van der Waals surface area contributed by atoms with E-state index in [-0.39, 0.29) is 11.8 Å². The standard InChI is InChI=1S/C21H24N2O2/c1-16(14-17-6-3-2-4-7-17)15-22-21(25)18-9-11-19(12-10-18)23-13-5-8-20(23)24/h2-4,6-7,9-12,16H,5,8,13-15H2,1H3,(H,22,25). The second-order valence-electron chi connectivity index (χ2n) is 6.70. The molecule has 0 spiro atoms. The summed E-state index contributed by atoms with van der Waals surface area (Å²) in [7, 11) is 0. The highest BCUT2D eigenvalue weighted by Crippen LogP contribution is 2.21. The van der Waals surface area contributed by atoms with Crippen molar-refractivity contribution in [2.24, 2.45) is 5.92 Å². The van der Waals surface area contributed by atoms with E-state index in [0.29, 0.717) is 24.4 Å². The minimum absolute atomic E-state index is 0.0702. The van der Waals surface area contributed by atoms with Crippen LogP contribution in [-0.2, 0) is 11.2 Å². The first-order chi connectivity index (χ1) is 12.1. The van der Waals surface area contributed by atoms with E-state index in [1.54, 1.807) is 17.0 Å². The van der Waals surface area contributed by atoms with Crippen molar-refractivity contribution < 1.29 is 9.59 Å². The minimum atomic E-state index is -0.0702. The van der Waals surface area contributed by atoms with Crippen LogP contribution in [0.5, 0.6) is 0 Å². The van der Waals surface area contributed by atoms with Gasteiger partial charge in [0.05, 0.1) is 0 Å². The van der Waals surface area contributed by atoms with E-state index < -0.39 is 0 Å². The van der Waals surface area contributed by atoms with Crippen LogP contribution in [0.25, 0.3) is 0 Å². The average Bonchev–Trinajstić information content (AvgIpc) is 3.07. The Morgan fingerprint density at radius 3 is 2.48 bits per heavy atom. The smallest absolute Gasteiger partial charge is 0.251 e. The van der Waals surface area contributed by atoms with Crippen LogP contribution in [0.15, 0.2) is 54.6 Å². The van der Waals surface area contributed by atoms with Crippen LogP contribution in [-0.4, -0.2) is 24.9 Å². The molecule has 1 atom stereocenters. The molecule has 25 heavy (non-hydrogen) atoms. The Morgan fingerprint density at radius 1 is 1.12 bits per heavy atom. The highest BCUT2D eigenvalue weighted by atomic mass is 16.2. The highest BCUT2D eigenvalue weighted by molar-refractivity contribution is 5.97. The van der Waals surface area contributed by atoms with Gasteiger partial charge in [-0.05, 0) is 48.6 Å². The van der Waals surface area contributed by atoms with Crippen molar-refractivity contribution in [3.05, 3.63) is 65.7 Å². The molecular formula is C21H24N2O2. The number of anilines is 1. The van der Waals surface area contributed by atoms with Gasteiger partial charge in [-0.2, -0.15) is 0 Å². The van der Waals surface area contributed by atoms with Crippen molar-refractivity contribution in [2.75, 3.05) is 18.0 Å². The van der Waals surface area contributed by atoms with Crippen LogP contribution < -0.4 is 10.2 Å². The van der Waals surface area contributed by atoms with Gasteiger partial charge >= 0.3 is 0 Å². The number of nitrogens with zero attached hydrogens (tertiary/aromatic N) is 1.